The van der Waals surface area contributed by atoms with Gasteiger partial charge in [0.25, 0.3) is 5.56 Å². The molecule has 1 aliphatic carbocycles. The number of hydrogen-bond acceptors (Lipinski definition) is 7. The average molecular weight is 531 g/mol. The van der Waals surface area contributed by atoms with Crippen molar-refractivity contribution >= 4 is 35.2 Å². The van der Waals surface area contributed by atoms with Crippen LogP contribution in [0, 0.1) is 6.92 Å². The lowest BCUT2D eigenvalue weighted by atomic mass is 10.0. The van der Waals surface area contributed by atoms with Crippen LogP contribution < -0.4 is 21.9 Å². The molecule has 1 atom stereocenters. The van der Waals surface area contributed by atoms with Gasteiger partial charge in [-0.2, -0.15) is 4.98 Å². The van der Waals surface area contributed by atoms with Gasteiger partial charge in [-0.25, -0.2) is 4.79 Å². The van der Waals surface area contributed by atoms with Crippen molar-refractivity contribution in [1.82, 2.24) is 18.7 Å². The van der Waals surface area contributed by atoms with Gasteiger partial charge >= 0.3 is 5.69 Å². The molecule has 1 aliphatic heterocycles. The van der Waals surface area contributed by atoms with Gasteiger partial charge in [-0.1, -0.05) is 17.7 Å². The number of nitrogens with zero attached hydrogens (tertiary/aromatic N) is 7. The summed E-state index contributed by atoms with van der Waals surface area (Å²) in [5.74, 6) is 0.685. The molecule has 0 bridgehead atoms. The molecular weight excluding hydrogens is 492 g/mol. The number of aliphatic imine (C=N–C) groups is 2. The van der Waals surface area contributed by atoms with E-state index in [-0.39, 0.29) is 18.1 Å². The zero-order valence-electron chi connectivity index (χ0n) is 23.4. The molecule has 0 radical (unpaired) electrons. The van der Waals surface area contributed by atoms with Crippen molar-refractivity contribution in [2.75, 3.05) is 24.5 Å². The molecule has 206 valence electrons. The van der Waals surface area contributed by atoms with Gasteiger partial charge in [-0.3, -0.25) is 23.9 Å². The minimum Gasteiger partial charge on any atom is -0.341 e. The number of nitrogens with two attached hydrogens (primary N) is 1. The van der Waals surface area contributed by atoms with Crippen LogP contribution >= 0.6 is 0 Å². The third kappa shape index (κ3) is 5.01. The monoisotopic (exact) mass is 530 g/mol. The van der Waals surface area contributed by atoms with E-state index in [1.807, 2.05) is 24.5 Å². The van der Waals surface area contributed by atoms with E-state index in [1.165, 1.54) is 14.7 Å². The predicted molar refractivity (Wildman–Crippen MR) is 158 cm³/mol. The first-order chi connectivity index (χ1) is 18.7. The number of fused-ring (bicyclic) bond motifs is 2. The second kappa shape index (κ2) is 10.8. The van der Waals surface area contributed by atoms with Crippen LogP contribution in [-0.4, -0.2) is 56.8 Å². The van der Waals surface area contributed by atoms with Crippen LogP contribution in [0.1, 0.15) is 49.8 Å². The van der Waals surface area contributed by atoms with Crippen LogP contribution in [0.4, 0.5) is 11.6 Å². The maximum absolute atomic E-state index is 13.8. The first-order valence-electron chi connectivity index (χ1n) is 13.7. The highest BCUT2D eigenvalue weighted by molar-refractivity contribution is 6.08. The van der Waals surface area contributed by atoms with Crippen molar-refractivity contribution in [2.24, 2.45) is 22.8 Å². The topological polar surface area (TPSA) is 116 Å². The number of rotatable bonds is 7. The van der Waals surface area contributed by atoms with Gasteiger partial charge in [-0.05, 0) is 70.4 Å². The van der Waals surface area contributed by atoms with Crippen LogP contribution in [0.15, 0.2) is 43.4 Å². The normalized spacial score (nSPS) is 18.1. The second-order valence-corrected chi connectivity index (χ2v) is 10.9. The molecule has 39 heavy (non-hydrogen) atoms. The zero-order valence-corrected chi connectivity index (χ0v) is 23.4. The maximum Gasteiger partial charge on any atom is 0.332 e. The van der Waals surface area contributed by atoms with E-state index in [4.69, 9.17) is 15.7 Å². The van der Waals surface area contributed by atoms with Gasteiger partial charge in [-0.15, -0.1) is 0 Å². The highest BCUT2D eigenvalue weighted by Gasteiger charge is 2.26. The maximum atomic E-state index is 13.8. The largest absolute Gasteiger partial charge is 0.341 e. The summed E-state index contributed by atoms with van der Waals surface area (Å²) in [5, 5.41) is 0. The second-order valence-electron chi connectivity index (χ2n) is 10.9. The molecule has 0 amide bonds. The molecule has 2 N–H and O–H groups in total. The number of imidazole rings is 1. The van der Waals surface area contributed by atoms with Crippen molar-refractivity contribution in [3.05, 3.63) is 61.3 Å². The lowest BCUT2D eigenvalue weighted by Crippen LogP contribution is -2.44. The third-order valence-electron chi connectivity index (χ3n) is 7.69. The molecule has 2 aliphatic rings. The summed E-state index contributed by atoms with van der Waals surface area (Å²) >= 11 is 0. The fraction of sp³-hybridized carbons (Fsp3) is 0.483. The van der Waals surface area contributed by atoms with Crippen molar-refractivity contribution < 1.29 is 0 Å². The fourth-order valence-corrected chi connectivity index (χ4v) is 5.75. The van der Waals surface area contributed by atoms with E-state index in [0.717, 1.165) is 60.3 Å². The van der Waals surface area contributed by atoms with Crippen molar-refractivity contribution in [3.63, 3.8) is 0 Å². The van der Waals surface area contributed by atoms with E-state index in [0.29, 0.717) is 36.7 Å². The molecular formula is C29H38N8O2. The summed E-state index contributed by atoms with van der Waals surface area (Å²) in [5.41, 5.74) is 12.7. The Morgan fingerprint density at radius 2 is 2.03 bits per heavy atom. The highest BCUT2D eigenvalue weighted by Crippen LogP contribution is 2.32. The SMILES string of the molecule is C=Nc1cc(C)cc2c1C(=NCCn1c(=O)c3c(nc(N4CCCC(N)C4)n3CC=C(C)C)n(C)c1=O)CC2. The Bertz CT molecular complexity index is 1620. The van der Waals surface area contributed by atoms with E-state index >= 15 is 0 Å². The third-order valence-corrected chi connectivity index (χ3v) is 7.69. The molecule has 5 rings (SSSR count). The van der Waals surface area contributed by atoms with E-state index in [9.17, 15) is 9.59 Å². The van der Waals surface area contributed by atoms with Crippen LogP contribution in [0.25, 0.3) is 11.2 Å². The smallest absolute Gasteiger partial charge is 0.332 e. The summed E-state index contributed by atoms with van der Waals surface area (Å²) in [6.07, 6.45) is 5.71. The summed E-state index contributed by atoms with van der Waals surface area (Å²) in [6, 6.07) is 4.24. The minimum atomic E-state index is -0.391. The van der Waals surface area contributed by atoms with Gasteiger partial charge in [0.2, 0.25) is 5.95 Å². The summed E-state index contributed by atoms with van der Waals surface area (Å²) in [7, 11) is 1.67. The Kier molecular flexibility index (Phi) is 7.40. The lowest BCUT2D eigenvalue weighted by Gasteiger charge is -2.31. The quantitative estimate of drug-likeness (QED) is 0.373. The van der Waals surface area contributed by atoms with Crippen LogP contribution in [0.3, 0.4) is 0 Å². The Morgan fingerprint density at radius 1 is 1.23 bits per heavy atom. The lowest BCUT2D eigenvalue weighted by molar-refractivity contribution is 0.495. The Labute approximate surface area is 228 Å². The number of anilines is 1. The Hall–Kier alpha value is -3.79. The van der Waals surface area contributed by atoms with Crippen molar-refractivity contribution in [1.29, 1.82) is 0 Å². The van der Waals surface area contributed by atoms with Crippen LogP contribution in [-0.2, 0) is 26.6 Å². The first-order valence-corrected chi connectivity index (χ1v) is 13.7. The summed E-state index contributed by atoms with van der Waals surface area (Å²) in [6.45, 7) is 12.3. The summed E-state index contributed by atoms with van der Waals surface area (Å²) in [4.78, 5) is 43.2. The molecule has 1 aromatic carbocycles. The number of aryl methyl sites for hydroxylation is 3. The molecule has 1 fully saturated rings. The molecule has 0 spiro atoms. The van der Waals surface area contributed by atoms with Gasteiger partial charge in [0, 0.05) is 44.0 Å². The molecule has 10 heteroatoms. The standard InChI is InChI=1S/C29H38N8O2/c1-18(2)10-13-36-25-26(33-28(36)35-12-6-7-21(30)17-35)34(5)29(39)37(27(25)38)14-11-32-22-9-8-20-15-19(3)16-23(31-4)24(20)22/h10,15-16,21H,4,6-9,11-14,17,30H2,1-3,5H3. The van der Waals surface area contributed by atoms with Crippen molar-refractivity contribution in [3.8, 4) is 0 Å². The predicted octanol–water partition coefficient (Wildman–Crippen LogP) is 2.87. The molecule has 3 heterocycles. The van der Waals surface area contributed by atoms with Crippen LogP contribution in [0.5, 0.6) is 0 Å². The van der Waals surface area contributed by atoms with Crippen molar-refractivity contribution in [2.45, 2.75) is 65.6 Å². The van der Waals surface area contributed by atoms with E-state index < -0.39 is 5.69 Å². The molecule has 3 aromatic rings. The molecule has 1 saturated heterocycles. The number of aromatic nitrogens is 4. The Morgan fingerprint density at radius 3 is 2.74 bits per heavy atom. The summed E-state index contributed by atoms with van der Waals surface area (Å²) < 4.78 is 4.70. The molecule has 1 unspecified atom stereocenters. The van der Waals surface area contributed by atoms with Gasteiger partial charge in [0.15, 0.2) is 11.2 Å². The highest BCUT2D eigenvalue weighted by atomic mass is 16.2. The zero-order chi connectivity index (χ0) is 27.8. The van der Waals surface area contributed by atoms with E-state index in [1.54, 1.807) is 7.05 Å². The first kappa shape index (κ1) is 26.8. The molecule has 2 aromatic heterocycles. The van der Waals surface area contributed by atoms with Gasteiger partial charge < -0.3 is 15.2 Å². The molecule has 10 nitrogen and oxygen atoms in total. The number of hydrogen-bond donors (Lipinski definition) is 1. The number of allylic oxidation sites excluding steroid dienone is 2. The minimum absolute atomic E-state index is 0.0523. The Balaban J connectivity index is 1.54. The van der Waals surface area contributed by atoms with Crippen LogP contribution in [0.2, 0.25) is 0 Å². The number of piperidine rings is 1. The van der Waals surface area contributed by atoms with E-state index in [2.05, 4.69) is 35.7 Å². The average Bonchev–Trinajstić information content (AvgIpc) is 3.49. The van der Waals surface area contributed by atoms with Gasteiger partial charge in [0.05, 0.1) is 18.8 Å². The van der Waals surface area contributed by atoms with Gasteiger partial charge in [0.1, 0.15) is 0 Å². The molecule has 0 saturated carbocycles. The number of benzene rings is 1. The fourth-order valence-electron chi connectivity index (χ4n) is 5.75.